The summed E-state index contributed by atoms with van der Waals surface area (Å²) in [6.07, 6.45) is 1.47. The van der Waals surface area contributed by atoms with Gasteiger partial charge in [-0.25, -0.2) is 9.59 Å². The minimum Gasteiger partial charge on any atom is -0.490 e. The fourth-order valence-corrected chi connectivity index (χ4v) is 4.16. The molecule has 0 unspecified atom stereocenters. The summed E-state index contributed by atoms with van der Waals surface area (Å²) in [5.41, 5.74) is 1.30. The Hall–Kier alpha value is -3.66. The van der Waals surface area contributed by atoms with Crippen LogP contribution >= 0.6 is 34.8 Å². The van der Waals surface area contributed by atoms with E-state index in [1.54, 1.807) is 37.3 Å². The van der Waals surface area contributed by atoms with Gasteiger partial charge in [-0.15, -0.1) is 0 Å². The SMILES string of the molecule is CCOc1cc(/C=C2\NC(=O)N(Cc3ccc(C(=O)OC)o3)C2=O)cc(Cl)c1OCc1ccc(Cl)c(Cl)c1. The number of methoxy groups -OCH3 is 1. The molecular weight excluding hydrogens is 559 g/mol. The Labute approximate surface area is 232 Å². The molecule has 1 saturated heterocycles. The first kappa shape index (κ1) is 27.4. The molecule has 4 rings (SSSR count). The summed E-state index contributed by atoms with van der Waals surface area (Å²) >= 11 is 18.6. The van der Waals surface area contributed by atoms with Crippen molar-refractivity contribution in [3.8, 4) is 11.5 Å². The number of ether oxygens (including phenoxy) is 3. The molecule has 2 heterocycles. The number of urea groups is 1. The van der Waals surface area contributed by atoms with Gasteiger partial charge in [0, 0.05) is 0 Å². The summed E-state index contributed by atoms with van der Waals surface area (Å²) in [5, 5.41) is 3.61. The highest BCUT2D eigenvalue weighted by molar-refractivity contribution is 6.42. The van der Waals surface area contributed by atoms with Gasteiger partial charge in [0.25, 0.3) is 5.91 Å². The molecule has 1 aliphatic rings. The summed E-state index contributed by atoms with van der Waals surface area (Å²) in [6, 6.07) is 10.6. The molecule has 0 saturated carbocycles. The molecule has 0 spiro atoms. The Morgan fingerprint density at radius 3 is 2.53 bits per heavy atom. The zero-order chi connectivity index (χ0) is 27.4. The maximum atomic E-state index is 12.9. The van der Waals surface area contributed by atoms with Crippen LogP contribution in [0.1, 0.15) is 34.4 Å². The van der Waals surface area contributed by atoms with Gasteiger partial charge in [-0.1, -0.05) is 40.9 Å². The van der Waals surface area contributed by atoms with Gasteiger partial charge >= 0.3 is 12.0 Å². The summed E-state index contributed by atoms with van der Waals surface area (Å²) in [4.78, 5) is 37.9. The number of rotatable bonds is 9. The molecule has 38 heavy (non-hydrogen) atoms. The smallest absolute Gasteiger partial charge is 0.373 e. The maximum Gasteiger partial charge on any atom is 0.373 e. The summed E-state index contributed by atoms with van der Waals surface area (Å²) in [7, 11) is 1.22. The molecule has 1 fully saturated rings. The first-order chi connectivity index (χ1) is 18.2. The van der Waals surface area contributed by atoms with Gasteiger partial charge in [0.05, 0.1) is 35.3 Å². The van der Waals surface area contributed by atoms with Crippen molar-refractivity contribution in [3.05, 3.63) is 85.9 Å². The van der Waals surface area contributed by atoms with Crippen molar-refractivity contribution in [1.29, 1.82) is 0 Å². The Balaban J connectivity index is 1.53. The van der Waals surface area contributed by atoms with Gasteiger partial charge in [-0.3, -0.25) is 9.69 Å². The molecule has 198 valence electrons. The molecular formula is C26H21Cl3N2O7. The lowest BCUT2D eigenvalue weighted by Crippen LogP contribution is -2.30. The number of esters is 1. The van der Waals surface area contributed by atoms with Gasteiger partial charge in [0.1, 0.15) is 18.1 Å². The standard InChI is InChI=1S/C26H21Cl3N2O7/c1-3-36-22-11-15(9-19(29)23(22)37-13-14-4-6-17(27)18(28)8-14)10-20-24(32)31(26(34)30-20)12-16-5-7-21(38-16)25(33)35-2/h4-11H,3,12-13H2,1-2H3,(H,30,34)/b20-10-. The topological polar surface area (TPSA) is 107 Å². The lowest BCUT2D eigenvalue weighted by molar-refractivity contribution is -0.123. The molecule has 0 aliphatic carbocycles. The number of amides is 3. The third kappa shape index (κ3) is 6.07. The average molecular weight is 580 g/mol. The van der Waals surface area contributed by atoms with Gasteiger partial charge in [-0.2, -0.15) is 0 Å². The number of carbonyl (C=O) groups excluding carboxylic acids is 3. The molecule has 0 bridgehead atoms. The largest absolute Gasteiger partial charge is 0.490 e. The van der Waals surface area contributed by atoms with E-state index in [0.29, 0.717) is 33.7 Å². The van der Waals surface area contributed by atoms with E-state index in [4.69, 9.17) is 48.7 Å². The number of nitrogens with zero attached hydrogens (tertiary/aromatic N) is 1. The number of halogens is 3. The van der Waals surface area contributed by atoms with Gasteiger partial charge in [-0.05, 0) is 60.5 Å². The molecule has 2 aromatic carbocycles. The molecule has 12 heteroatoms. The van der Waals surface area contributed by atoms with Gasteiger partial charge < -0.3 is 23.9 Å². The van der Waals surface area contributed by atoms with E-state index in [9.17, 15) is 14.4 Å². The van der Waals surface area contributed by atoms with E-state index < -0.39 is 17.9 Å². The number of imide groups is 1. The molecule has 1 aromatic heterocycles. The van der Waals surface area contributed by atoms with Gasteiger partial charge in [0.15, 0.2) is 11.5 Å². The van der Waals surface area contributed by atoms with E-state index in [-0.39, 0.29) is 35.4 Å². The van der Waals surface area contributed by atoms with Crippen molar-refractivity contribution in [2.24, 2.45) is 0 Å². The van der Waals surface area contributed by atoms with E-state index >= 15 is 0 Å². The molecule has 1 N–H and O–H groups in total. The lowest BCUT2D eigenvalue weighted by Gasteiger charge is -2.15. The van der Waals surface area contributed by atoms with Crippen LogP contribution < -0.4 is 14.8 Å². The highest BCUT2D eigenvalue weighted by atomic mass is 35.5. The zero-order valence-corrected chi connectivity index (χ0v) is 22.4. The van der Waals surface area contributed by atoms with Crippen LogP contribution in [0.4, 0.5) is 4.79 Å². The van der Waals surface area contributed by atoms with E-state index in [0.717, 1.165) is 10.5 Å². The quantitative estimate of drug-likeness (QED) is 0.185. The monoisotopic (exact) mass is 578 g/mol. The van der Waals surface area contributed by atoms with Crippen LogP contribution in [0.15, 0.2) is 52.6 Å². The first-order valence-corrected chi connectivity index (χ1v) is 12.4. The van der Waals surface area contributed by atoms with Crippen molar-refractivity contribution in [1.82, 2.24) is 10.2 Å². The average Bonchev–Trinajstić information content (AvgIpc) is 3.46. The van der Waals surface area contributed by atoms with E-state index in [1.807, 2.05) is 0 Å². The van der Waals surface area contributed by atoms with Crippen LogP contribution in [-0.2, 0) is 22.7 Å². The second-order valence-electron chi connectivity index (χ2n) is 7.94. The normalized spacial score (nSPS) is 14.1. The van der Waals surface area contributed by atoms with Crippen molar-refractivity contribution >= 4 is 58.8 Å². The molecule has 0 radical (unpaired) electrons. The second kappa shape index (κ2) is 11.8. The number of carbonyl (C=O) groups is 3. The molecule has 1 aliphatic heterocycles. The fraction of sp³-hybridized carbons (Fsp3) is 0.192. The molecule has 3 amide bonds. The van der Waals surface area contributed by atoms with Crippen LogP contribution in [0.2, 0.25) is 15.1 Å². The Bertz CT molecular complexity index is 1430. The van der Waals surface area contributed by atoms with Crippen molar-refractivity contribution in [2.75, 3.05) is 13.7 Å². The highest BCUT2D eigenvalue weighted by Crippen LogP contribution is 2.38. The highest BCUT2D eigenvalue weighted by Gasteiger charge is 2.34. The summed E-state index contributed by atoms with van der Waals surface area (Å²) < 4.78 is 21.6. The summed E-state index contributed by atoms with van der Waals surface area (Å²) in [5.74, 6) is -0.388. The zero-order valence-electron chi connectivity index (χ0n) is 20.2. The first-order valence-electron chi connectivity index (χ1n) is 11.2. The minimum absolute atomic E-state index is 0.0257. The molecule has 9 nitrogen and oxygen atoms in total. The number of hydrogen-bond donors (Lipinski definition) is 1. The Morgan fingerprint density at radius 1 is 1.03 bits per heavy atom. The number of hydrogen-bond acceptors (Lipinski definition) is 7. The molecule has 3 aromatic rings. The van der Waals surface area contributed by atoms with Crippen molar-refractivity contribution in [3.63, 3.8) is 0 Å². The molecule has 0 atom stereocenters. The second-order valence-corrected chi connectivity index (χ2v) is 9.16. The lowest BCUT2D eigenvalue weighted by atomic mass is 10.1. The maximum absolute atomic E-state index is 12.9. The van der Waals surface area contributed by atoms with Crippen molar-refractivity contribution in [2.45, 2.75) is 20.1 Å². The van der Waals surface area contributed by atoms with Crippen LogP contribution in [0.3, 0.4) is 0 Å². The van der Waals surface area contributed by atoms with E-state index in [1.165, 1.54) is 25.3 Å². The third-order valence-corrected chi connectivity index (χ3v) is 6.35. The van der Waals surface area contributed by atoms with E-state index in [2.05, 4.69) is 10.1 Å². The number of nitrogens with one attached hydrogen (secondary N) is 1. The van der Waals surface area contributed by atoms with Crippen LogP contribution in [-0.4, -0.2) is 36.5 Å². The number of benzene rings is 2. The number of furan rings is 1. The van der Waals surface area contributed by atoms with Crippen LogP contribution in [0.25, 0.3) is 6.08 Å². The predicted octanol–water partition coefficient (Wildman–Crippen LogP) is 6.10. The Kier molecular flexibility index (Phi) is 8.51. The van der Waals surface area contributed by atoms with Crippen LogP contribution in [0.5, 0.6) is 11.5 Å². The van der Waals surface area contributed by atoms with Crippen LogP contribution in [0, 0.1) is 0 Å². The Morgan fingerprint density at radius 2 is 1.82 bits per heavy atom. The minimum atomic E-state index is -0.666. The fourth-order valence-electron chi connectivity index (χ4n) is 3.57. The third-order valence-electron chi connectivity index (χ3n) is 5.33. The van der Waals surface area contributed by atoms with Crippen molar-refractivity contribution < 1.29 is 33.0 Å². The van der Waals surface area contributed by atoms with Gasteiger partial charge in [0.2, 0.25) is 5.76 Å². The summed E-state index contributed by atoms with van der Waals surface area (Å²) in [6.45, 7) is 2.12. The predicted molar refractivity (Wildman–Crippen MR) is 141 cm³/mol.